The molecule has 1 aromatic heterocycles. The molecule has 0 aromatic carbocycles. The minimum absolute atomic E-state index is 0.0178. The third kappa shape index (κ3) is 3.82. The number of carbonyl (C=O) groups excluding carboxylic acids is 1. The lowest BCUT2D eigenvalue weighted by atomic mass is 10.2. The molecule has 0 aliphatic carbocycles. The van der Waals surface area contributed by atoms with Crippen molar-refractivity contribution in [3.05, 3.63) is 23.7 Å². The molecule has 1 aromatic rings. The molecule has 0 radical (unpaired) electrons. The van der Waals surface area contributed by atoms with Gasteiger partial charge in [-0.15, -0.1) is 0 Å². The summed E-state index contributed by atoms with van der Waals surface area (Å²) in [5.74, 6) is 0.486. The van der Waals surface area contributed by atoms with Crippen molar-refractivity contribution in [2.75, 3.05) is 40.4 Å². The maximum absolute atomic E-state index is 11.3. The van der Waals surface area contributed by atoms with Crippen molar-refractivity contribution in [1.29, 1.82) is 0 Å². The molecule has 2 unspecified atom stereocenters. The molecule has 20 heavy (non-hydrogen) atoms. The van der Waals surface area contributed by atoms with Gasteiger partial charge >= 0.3 is 5.97 Å². The van der Waals surface area contributed by atoms with E-state index < -0.39 is 5.97 Å². The van der Waals surface area contributed by atoms with Gasteiger partial charge < -0.3 is 24.1 Å². The quantitative estimate of drug-likeness (QED) is 0.814. The lowest BCUT2D eigenvalue weighted by Gasteiger charge is -2.30. The van der Waals surface area contributed by atoms with E-state index in [0.29, 0.717) is 0 Å². The first-order valence-corrected chi connectivity index (χ1v) is 6.81. The van der Waals surface area contributed by atoms with Crippen LogP contribution in [0.1, 0.15) is 29.3 Å². The summed E-state index contributed by atoms with van der Waals surface area (Å²) in [6, 6.07) is 3.44. The molecule has 1 fully saturated rings. The van der Waals surface area contributed by atoms with E-state index >= 15 is 0 Å². The summed E-state index contributed by atoms with van der Waals surface area (Å²) in [5.41, 5.74) is 0. The van der Waals surface area contributed by atoms with Gasteiger partial charge in [0.05, 0.1) is 25.9 Å². The molecule has 2 heterocycles. The Morgan fingerprint density at radius 2 is 2.40 bits per heavy atom. The highest BCUT2D eigenvalue weighted by atomic mass is 16.5. The van der Waals surface area contributed by atoms with Crippen LogP contribution < -0.4 is 5.32 Å². The standard InChI is InChI=1S/C14H22N2O4/c1-10(12-4-5-13(20-12)14(17)18-3)15-8-11-9-16(2)6-7-19-11/h4-5,10-11,15H,6-9H2,1-3H3. The van der Waals surface area contributed by atoms with Gasteiger partial charge in [0.2, 0.25) is 5.76 Å². The molecule has 1 saturated heterocycles. The van der Waals surface area contributed by atoms with Crippen molar-refractivity contribution in [3.8, 4) is 0 Å². The number of furan rings is 1. The average Bonchev–Trinajstić information content (AvgIpc) is 2.94. The van der Waals surface area contributed by atoms with E-state index in [1.54, 1.807) is 12.1 Å². The Kier molecular flexibility index (Phi) is 5.17. The highest BCUT2D eigenvalue weighted by Crippen LogP contribution is 2.17. The van der Waals surface area contributed by atoms with Gasteiger partial charge in [0.1, 0.15) is 5.76 Å². The van der Waals surface area contributed by atoms with Crippen LogP contribution in [-0.4, -0.2) is 57.4 Å². The first kappa shape index (κ1) is 15.0. The SMILES string of the molecule is COC(=O)c1ccc(C(C)NCC2CN(C)CCO2)o1. The van der Waals surface area contributed by atoms with E-state index in [2.05, 4.69) is 22.0 Å². The van der Waals surface area contributed by atoms with Crippen molar-refractivity contribution >= 4 is 5.97 Å². The second-order valence-electron chi connectivity index (χ2n) is 5.08. The molecule has 0 bridgehead atoms. The molecule has 1 aliphatic rings. The van der Waals surface area contributed by atoms with Gasteiger partial charge in [-0.1, -0.05) is 0 Å². The Balaban J connectivity index is 1.83. The molecular weight excluding hydrogens is 260 g/mol. The van der Waals surface area contributed by atoms with Crippen LogP contribution in [0.4, 0.5) is 0 Å². The minimum atomic E-state index is -0.458. The van der Waals surface area contributed by atoms with Crippen molar-refractivity contribution in [1.82, 2.24) is 10.2 Å². The van der Waals surface area contributed by atoms with E-state index in [1.165, 1.54) is 7.11 Å². The fourth-order valence-corrected chi connectivity index (χ4v) is 2.19. The lowest BCUT2D eigenvalue weighted by Crippen LogP contribution is -2.45. The zero-order valence-electron chi connectivity index (χ0n) is 12.2. The van der Waals surface area contributed by atoms with Crippen LogP contribution in [0.3, 0.4) is 0 Å². The molecular formula is C14H22N2O4. The summed E-state index contributed by atoms with van der Waals surface area (Å²) in [6.07, 6.45) is 0.186. The number of esters is 1. The van der Waals surface area contributed by atoms with Gasteiger partial charge in [-0.2, -0.15) is 0 Å². The summed E-state index contributed by atoms with van der Waals surface area (Å²) in [5, 5.41) is 3.36. The Bertz CT molecular complexity index is 446. The van der Waals surface area contributed by atoms with E-state index in [0.717, 1.165) is 32.0 Å². The molecule has 2 rings (SSSR count). The predicted octanol–water partition coefficient (Wildman–Crippen LogP) is 1.05. The highest BCUT2D eigenvalue weighted by molar-refractivity contribution is 5.86. The predicted molar refractivity (Wildman–Crippen MR) is 73.7 cm³/mol. The van der Waals surface area contributed by atoms with Crippen molar-refractivity contribution in [3.63, 3.8) is 0 Å². The first-order chi connectivity index (χ1) is 9.60. The zero-order valence-corrected chi connectivity index (χ0v) is 12.2. The maximum Gasteiger partial charge on any atom is 0.373 e. The number of carbonyl (C=O) groups is 1. The minimum Gasteiger partial charge on any atom is -0.463 e. The fourth-order valence-electron chi connectivity index (χ4n) is 2.19. The molecule has 0 saturated carbocycles. The number of hydrogen-bond donors (Lipinski definition) is 1. The van der Waals surface area contributed by atoms with Gasteiger partial charge in [0.25, 0.3) is 0 Å². The molecule has 6 heteroatoms. The number of hydrogen-bond acceptors (Lipinski definition) is 6. The Labute approximate surface area is 119 Å². The van der Waals surface area contributed by atoms with Crippen molar-refractivity contribution in [2.45, 2.75) is 19.1 Å². The molecule has 112 valence electrons. The molecule has 6 nitrogen and oxygen atoms in total. The third-order valence-electron chi connectivity index (χ3n) is 3.43. The van der Waals surface area contributed by atoms with Crippen LogP contribution in [0, 0.1) is 0 Å². The molecule has 1 N–H and O–H groups in total. The Morgan fingerprint density at radius 3 is 3.10 bits per heavy atom. The largest absolute Gasteiger partial charge is 0.463 e. The van der Waals surface area contributed by atoms with E-state index in [4.69, 9.17) is 9.15 Å². The smallest absolute Gasteiger partial charge is 0.373 e. The topological polar surface area (TPSA) is 63.9 Å². The second kappa shape index (κ2) is 6.88. The normalized spacial score (nSPS) is 21.6. The lowest BCUT2D eigenvalue weighted by molar-refractivity contribution is -0.0193. The summed E-state index contributed by atoms with van der Waals surface area (Å²) in [7, 11) is 3.43. The summed E-state index contributed by atoms with van der Waals surface area (Å²) >= 11 is 0. The number of nitrogens with zero attached hydrogens (tertiary/aromatic N) is 1. The van der Waals surface area contributed by atoms with Crippen LogP contribution in [0.15, 0.2) is 16.5 Å². The Morgan fingerprint density at radius 1 is 1.60 bits per heavy atom. The Hall–Kier alpha value is -1.37. The maximum atomic E-state index is 11.3. The van der Waals surface area contributed by atoms with E-state index in [1.807, 2.05) is 6.92 Å². The van der Waals surface area contributed by atoms with Crippen molar-refractivity contribution < 1.29 is 18.7 Å². The van der Waals surface area contributed by atoms with E-state index in [9.17, 15) is 4.79 Å². The van der Waals surface area contributed by atoms with Gasteiger partial charge in [0, 0.05) is 19.6 Å². The summed E-state index contributed by atoms with van der Waals surface area (Å²) in [4.78, 5) is 13.6. The molecule has 0 spiro atoms. The van der Waals surface area contributed by atoms with Crippen LogP contribution >= 0.6 is 0 Å². The number of rotatable bonds is 5. The monoisotopic (exact) mass is 282 g/mol. The molecule has 1 aliphatic heterocycles. The van der Waals surface area contributed by atoms with Crippen LogP contribution in [-0.2, 0) is 9.47 Å². The van der Waals surface area contributed by atoms with Gasteiger partial charge in [0.15, 0.2) is 0 Å². The first-order valence-electron chi connectivity index (χ1n) is 6.81. The highest BCUT2D eigenvalue weighted by Gasteiger charge is 2.20. The summed E-state index contributed by atoms with van der Waals surface area (Å²) < 4.78 is 15.8. The van der Waals surface area contributed by atoms with Crippen LogP contribution in [0.25, 0.3) is 0 Å². The number of methoxy groups -OCH3 is 1. The molecule has 2 atom stereocenters. The number of nitrogens with one attached hydrogen (secondary N) is 1. The molecule has 0 amide bonds. The zero-order chi connectivity index (χ0) is 14.5. The van der Waals surface area contributed by atoms with Gasteiger partial charge in [-0.3, -0.25) is 0 Å². The number of likely N-dealkylation sites (N-methyl/N-ethyl adjacent to an activating group) is 1. The average molecular weight is 282 g/mol. The number of ether oxygens (including phenoxy) is 2. The number of morpholine rings is 1. The van der Waals surface area contributed by atoms with Crippen LogP contribution in [0.5, 0.6) is 0 Å². The van der Waals surface area contributed by atoms with Gasteiger partial charge in [-0.05, 0) is 26.1 Å². The van der Waals surface area contributed by atoms with Crippen LogP contribution in [0.2, 0.25) is 0 Å². The fraction of sp³-hybridized carbons (Fsp3) is 0.643. The third-order valence-corrected chi connectivity index (χ3v) is 3.43. The summed E-state index contributed by atoms with van der Waals surface area (Å²) in [6.45, 7) is 5.41. The van der Waals surface area contributed by atoms with Gasteiger partial charge in [-0.25, -0.2) is 4.79 Å². The second-order valence-corrected chi connectivity index (χ2v) is 5.08. The van der Waals surface area contributed by atoms with E-state index in [-0.39, 0.29) is 17.9 Å². The van der Waals surface area contributed by atoms with Crippen molar-refractivity contribution in [2.24, 2.45) is 0 Å².